The Hall–Kier alpha value is -1.99. The molecule has 1 aromatic carbocycles. The molecule has 0 spiro atoms. The van der Waals surface area contributed by atoms with E-state index in [0.29, 0.717) is 6.54 Å². The first-order chi connectivity index (χ1) is 11.6. The maximum atomic E-state index is 13.7. The fourth-order valence-electron chi connectivity index (χ4n) is 2.87. The predicted octanol–water partition coefficient (Wildman–Crippen LogP) is 2.42. The fraction of sp³-hybridized carbons (Fsp3) is 0.353. The summed E-state index contributed by atoms with van der Waals surface area (Å²) in [5.41, 5.74) is 0. The summed E-state index contributed by atoms with van der Waals surface area (Å²) >= 11 is 0. The van der Waals surface area contributed by atoms with Gasteiger partial charge in [-0.2, -0.15) is 0 Å². The number of nitrogens with one attached hydrogen (secondary N) is 1. The standard InChI is InChI=1S/C17H20FN3O2S/c18-15-5-1-2-6-16(15)24(22,23)20-13-14-8-11-21(12-9-14)17-7-3-4-10-19-17/h1-7,10,14,20H,8-9,11-13H2. The van der Waals surface area contributed by atoms with Crippen molar-refractivity contribution >= 4 is 15.8 Å². The van der Waals surface area contributed by atoms with Crippen LogP contribution in [0.5, 0.6) is 0 Å². The number of halogens is 1. The highest BCUT2D eigenvalue weighted by atomic mass is 32.2. The second-order valence-corrected chi connectivity index (χ2v) is 7.64. The van der Waals surface area contributed by atoms with E-state index in [1.807, 2.05) is 18.2 Å². The smallest absolute Gasteiger partial charge is 0.243 e. The van der Waals surface area contributed by atoms with Crippen molar-refractivity contribution in [3.05, 3.63) is 54.5 Å². The number of hydrogen-bond donors (Lipinski definition) is 1. The zero-order valence-electron chi connectivity index (χ0n) is 13.2. The number of nitrogens with zero attached hydrogens (tertiary/aromatic N) is 2. The van der Waals surface area contributed by atoms with Crippen molar-refractivity contribution < 1.29 is 12.8 Å². The lowest BCUT2D eigenvalue weighted by atomic mass is 9.97. The number of sulfonamides is 1. The lowest BCUT2D eigenvalue weighted by Gasteiger charge is -2.32. The summed E-state index contributed by atoms with van der Waals surface area (Å²) < 4.78 is 40.6. The van der Waals surface area contributed by atoms with Gasteiger partial charge in [0.2, 0.25) is 10.0 Å². The molecule has 0 bridgehead atoms. The number of pyridine rings is 1. The van der Waals surface area contributed by atoms with E-state index in [1.54, 1.807) is 6.20 Å². The second kappa shape index (κ2) is 7.27. The molecule has 24 heavy (non-hydrogen) atoms. The zero-order chi connectivity index (χ0) is 17.0. The summed E-state index contributed by atoms with van der Waals surface area (Å²) in [6.45, 7) is 2.00. The highest BCUT2D eigenvalue weighted by molar-refractivity contribution is 7.89. The molecule has 2 aromatic rings. The number of piperidine rings is 1. The van der Waals surface area contributed by atoms with Crippen molar-refractivity contribution in [3.63, 3.8) is 0 Å². The average Bonchev–Trinajstić information content (AvgIpc) is 2.61. The van der Waals surface area contributed by atoms with Gasteiger partial charge in [-0.15, -0.1) is 0 Å². The fourth-order valence-corrected chi connectivity index (χ4v) is 4.07. The molecule has 5 nitrogen and oxygen atoms in total. The van der Waals surface area contributed by atoms with Crippen LogP contribution in [0.2, 0.25) is 0 Å². The Labute approximate surface area is 141 Å². The lowest BCUT2D eigenvalue weighted by molar-refractivity contribution is 0.400. The molecule has 128 valence electrons. The van der Waals surface area contributed by atoms with Gasteiger partial charge in [0.15, 0.2) is 0 Å². The van der Waals surface area contributed by atoms with Gasteiger partial charge in [-0.3, -0.25) is 0 Å². The normalized spacial score (nSPS) is 16.3. The van der Waals surface area contributed by atoms with E-state index < -0.39 is 15.8 Å². The van der Waals surface area contributed by atoms with Crippen LogP contribution in [0, 0.1) is 11.7 Å². The number of hydrogen-bond acceptors (Lipinski definition) is 4. The van der Waals surface area contributed by atoms with Crippen LogP contribution in [0.15, 0.2) is 53.6 Å². The Morgan fingerprint density at radius 3 is 2.50 bits per heavy atom. The summed E-state index contributed by atoms with van der Waals surface area (Å²) in [5.74, 6) is 0.462. The third-order valence-electron chi connectivity index (χ3n) is 4.28. The SMILES string of the molecule is O=S(=O)(NCC1CCN(c2ccccn2)CC1)c1ccccc1F. The van der Waals surface area contributed by atoms with Gasteiger partial charge >= 0.3 is 0 Å². The highest BCUT2D eigenvalue weighted by Crippen LogP contribution is 2.22. The topological polar surface area (TPSA) is 62.3 Å². The van der Waals surface area contributed by atoms with Crippen LogP contribution in [-0.2, 0) is 10.0 Å². The first-order valence-corrected chi connectivity index (χ1v) is 9.45. The molecule has 7 heteroatoms. The Kier molecular flexibility index (Phi) is 5.11. The van der Waals surface area contributed by atoms with Crippen LogP contribution in [0.25, 0.3) is 0 Å². The number of aromatic nitrogens is 1. The molecule has 1 aliphatic heterocycles. The Morgan fingerprint density at radius 1 is 1.12 bits per heavy atom. The molecule has 0 amide bonds. The van der Waals surface area contributed by atoms with Gasteiger partial charge in [-0.1, -0.05) is 18.2 Å². The molecule has 1 saturated heterocycles. The Morgan fingerprint density at radius 2 is 1.83 bits per heavy atom. The van der Waals surface area contributed by atoms with Crippen LogP contribution in [0.1, 0.15) is 12.8 Å². The Bertz CT molecular complexity index is 775. The molecule has 1 N–H and O–H groups in total. The summed E-state index contributed by atoms with van der Waals surface area (Å²) in [7, 11) is -3.81. The van der Waals surface area contributed by atoms with Crippen molar-refractivity contribution in [2.75, 3.05) is 24.5 Å². The van der Waals surface area contributed by atoms with E-state index in [2.05, 4.69) is 14.6 Å². The molecule has 3 rings (SSSR count). The first kappa shape index (κ1) is 16.9. The van der Waals surface area contributed by atoms with E-state index in [1.165, 1.54) is 18.2 Å². The van der Waals surface area contributed by atoms with E-state index >= 15 is 0 Å². The van der Waals surface area contributed by atoms with Gasteiger partial charge in [0.1, 0.15) is 16.5 Å². The van der Waals surface area contributed by atoms with Gasteiger partial charge in [0.25, 0.3) is 0 Å². The zero-order valence-corrected chi connectivity index (χ0v) is 14.0. The first-order valence-electron chi connectivity index (χ1n) is 7.96. The molecule has 1 fully saturated rings. The van der Waals surface area contributed by atoms with Gasteiger partial charge < -0.3 is 4.90 Å². The molecule has 1 aromatic heterocycles. The maximum absolute atomic E-state index is 13.7. The number of anilines is 1. The monoisotopic (exact) mass is 349 g/mol. The molecule has 0 atom stereocenters. The van der Waals surface area contributed by atoms with Crippen molar-refractivity contribution in [3.8, 4) is 0 Å². The minimum Gasteiger partial charge on any atom is -0.357 e. The molecular formula is C17H20FN3O2S. The Balaban J connectivity index is 1.54. The molecule has 0 radical (unpaired) electrons. The van der Waals surface area contributed by atoms with Crippen LogP contribution in [-0.4, -0.2) is 33.0 Å². The highest BCUT2D eigenvalue weighted by Gasteiger charge is 2.23. The average molecular weight is 349 g/mol. The molecule has 1 aliphatic rings. The van der Waals surface area contributed by atoms with Gasteiger partial charge in [0, 0.05) is 25.8 Å². The summed E-state index contributed by atoms with van der Waals surface area (Å²) in [6, 6.07) is 11.2. The molecule has 0 unspecified atom stereocenters. The van der Waals surface area contributed by atoms with Crippen LogP contribution in [0.4, 0.5) is 10.2 Å². The van der Waals surface area contributed by atoms with Crippen molar-refractivity contribution in [2.45, 2.75) is 17.7 Å². The van der Waals surface area contributed by atoms with Crippen molar-refractivity contribution in [2.24, 2.45) is 5.92 Å². The molecule has 0 saturated carbocycles. The van der Waals surface area contributed by atoms with Crippen molar-refractivity contribution in [1.29, 1.82) is 0 Å². The molecule has 2 heterocycles. The quantitative estimate of drug-likeness (QED) is 0.900. The number of rotatable bonds is 5. The van der Waals surface area contributed by atoms with E-state index in [4.69, 9.17) is 0 Å². The van der Waals surface area contributed by atoms with Gasteiger partial charge in [-0.05, 0) is 43.0 Å². The minimum absolute atomic E-state index is 0.242. The van der Waals surface area contributed by atoms with E-state index in [-0.39, 0.29) is 10.8 Å². The largest absolute Gasteiger partial charge is 0.357 e. The molecule has 0 aliphatic carbocycles. The van der Waals surface area contributed by atoms with E-state index in [0.717, 1.165) is 37.8 Å². The number of benzene rings is 1. The minimum atomic E-state index is -3.81. The van der Waals surface area contributed by atoms with Gasteiger partial charge in [-0.25, -0.2) is 22.5 Å². The summed E-state index contributed by atoms with van der Waals surface area (Å²) in [5, 5.41) is 0. The summed E-state index contributed by atoms with van der Waals surface area (Å²) in [4.78, 5) is 6.24. The summed E-state index contributed by atoms with van der Waals surface area (Å²) in [6.07, 6.45) is 3.51. The van der Waals surface area contributed by atoms with Crippen molar-refractivity contribution in [1.82, 2.24) is 9.71 Å². The van der Waals surface area contributed by atoms with Gasteiger partial charge in [0.05, 0.1) is 0 Å². The third-order valence-corrected chi connectivity index (χ3v) is 5.73. The molecular weight excluding hydrogens is 329 g/mol. The maximum Gasteiger partial charge on any atom is 0.243 e. The van der Waals surface area contributed by atoms with Crippen LogP contribution < -0.4 is 9.62 Å². The van der Waals surface area contributed by atoms with E-state index in [9.17, 15) is 12.8 Å². The van der Waals surface area contributed by atoms with Crippen LogP contribution >= 0.6 is 0 Å². The van der Waals surface area contributed by atoms with Crippen LogP contribution in [0.3, 0.4) is 0 Å². The second-order valence-electron chi connectivity index (χ2n) is 5.90. The predicted molar refractivity (Wildman–Crippen MR) is 90.8 cm³/mol. The lowest BCUT2D eigenvalue weighted by Crippen LogP contribution is -2.39. The third kappa shape index (κ3) is 3.91.